The Morgan fingerprint density at radius 1 is 1.40 bits per heavy atom. The average Bonchev–Trinajstić information content (AvgIpc) is 2.26. The number of benzene rings is 1. The fourth-order valence-corrected chi connectivity index (χ4v) is 0.876. The van der Waals surface area contributed by atoms with Gasteiger partial charge < -0.3 is 4.74 Å². The van der Waals surface area contributed by atoms with Crippen molar-refractivity contribution in [2.75, 3.05) is 0 Å². The van der Waals surface area contributed by atoms with Gasteiger partial charge >= 0.3 is 5.97 Å². The molecular formula is C10H7NO4. The lowest BCUT2D eigenvalue weighted by atomic mass is 10.2. The second-order valence-corrected chi connectivity index (χ2v) is 2.55. The molecule has 0 heterocycles. The second-order valence-electron chi connectivity index (χ2n) is 2.55. The zero-order valence-electron chi connectivity index (χ0n) is 7.89. The Hall–Kier alpha value is -2.35. The summed E-state index contributed by atoms with van der Waals surface area (Å²) in [5, 5.41) is 10.3. The zero-order valence-corrected chi connectivity index (χ0v) is 7.89. The molecular weight excluding hydrogens is 198 g/mol. The van der Waals surface area contributed by atoms with Gasteiger partial charge in [-0.2, -0.15) is 0 Å². The van der Waals surface area contributed by atoms with E-state index < -0.39 is 10.9 Å². The third kappa shape index (κ3) is 2.81. The van der Waals surface area contributed by atoms with Crippen molar-refractivity contribution >= 4 is 11.7 Å². The Labute approximate surface area is 85.8 Å². The molecule has 5 heteroatoms. The molecule has 1 rings (SSSR count). The van der Waals surface area contributed by atoms with Crippen LogP contribution in [0.3, 0.4) is 0 Å². The number of hydrogen-bond acceptors (Lipinski definition) is 4. The van der Waals surface area contributed by atoms with Gasteiger partial charge in [-0.1, -0.05) is 5.92 Å². The van der Waals surface area contributed by atoms with Crippen molar-refractivity contribution in [3.05, 3.63) is 39.9 Å². The van der Waals surface area contributed by atoms with Gasteiger partial charge in [-0.3, -0.25) is 10.1 Å². The highest BCUT2D eigenvalue weighted by Gasteiger charge is 2.09. The van der Waals surface area contributed by atoms with Crippen molar-refractivity contribution in [2.45, 2.75) is 6.92 Å². The molecule has 0 bridgehead atoms. The van der Waals surface area contributed by atoms with Gasteiger partial charge in [-0.15, -0.1) is 0 Å². The standard InChI is InChI=1S/C10H7NO4/c1-2-7-15-10(12)8-3-5-9(6-4-8)11(13)14/h3-6H,1H3. The number of nitro groups is 1. The molecule has 1 aromatic carbocycles. The first kappa shape index (κ1) is 10.7. The van der Waals surface area contributed by atoms with Crippen molar-refractivity contribution in [1.29, 1.82) is 0 Å². The Morgan fingerprint density at radius 2 is 2.00 bits per heavy atom. The van der Waals surface area contributed by atoms with E-state index in [0.29, 0.717) is 0 Å². The smallest absolute Gasteiger partial charge is 0.352 e. The molecule has 15 heavy (non-hydrogen) atoms. The largest absolute Gasteiger partial charge is 0.369 e. The minimum atomic E-state index is -0.626. The van der Waals surface area contributed by atoms with E-state index in [1.54, 1.807) is 0 Å². The predicted molar refractivity (Wildman–Crippen MR) is 52.0 cm³/mol. The van der Waals surface area contributed by atoms with Gasteiger partial charge in [-0.05, 0) is 12.1 Å². The van der Waals surface area contributed by atoms with Crippen molar-refractivity contribution < 1.29 is 14.5 Å². The second kappa shape index (κ2) is 4.77. The maximum absolute atomic E-state index is 11.2. The van der Waals surface area contributed by atoms with Crippen LogP contribution in [0.25, 0.3) is 0 Å². The SMILES string of the molecule is CC#COC(=O)c1ccc([N+](=O)[O-])cc1. The fourth-order valence-electron chi connectivity index (χ4n) is 0.876. The van der Waals surface area contributed by atoms with Crippen LogP contribution in [0, 0.1) is 22.1 Å². The Balaban J connectivity index is 2.83. The van der Waals surface area contributed by atoms with Gasteiger partial charge in [0.15, 0.2) is 0 Å². The molecule has 5 nitrogen and oxygen atoms in total. The maximum atomic E-state index is 11.2. The third-order valence-corrected chi connectivity index (χ3v) is 1.56. The summed E-state index contributed by atoms with van der Waals surface area (Å²) < 4.78 is 4.51. The molecule has 1 aromatic rings. The number of rotatable bonds is 2. The minimum absolute atomic E-state index is 0.0758. The lowest BCUT2D eigenvalue weighted by Gasteiger charge is -1.96. The molecule has 0 saturated heterocycles. The highest BCUT2D eigenvalue weighted by molar-refractivity contribution is 5.90. The lowest BCUT2D eigenvalue weighted by Crippen LogP contribution is -2.00. The van der Waals surface area contributed by atoms with Gasteiger partial charge in [0.2, 0.25) is 0 Å². The summed E-state index contributed by atoms with van der Waals surface area (Å²) in [6.07, 6.45) is 2.15. The summed E-state index contributed by atoms with van der Waals surface area (Å²) in [6.45, 7) is 1.53. The maximum Gasteiger partial charge on any atom is 0.352 e. The van der Waals surface area contributed by atoms with Crippen molar-refractivity contribution in [3.8, 4) is 12.0 Å². The molecule has 0 aliphatic heterocycles. The van der Waals surface area contributed by atoms with E-state index in [9.17, 15) is 14.9 Å². The minimum Gasteiger partial charge on any atom is -0.369 e. The molecule has 0 amide bonds. The van der Waals surface area contributed by atoms with E-state index in [1.807, 2.05) is 0 Å². The molecule has 0 atom stereocenters. The monoisotopic (exact) mass is 205 g/mol. The van der Waals surface area contributed by atoms with E-state index in [0.717, 1.165) is 0 Å². The van der Waals surface area contributed by atoms with Crippen LogP contribution < -0.4 is 0 Å². The van der Waals surface area contributed by atoms with Crippen LogP contribution in [-0.4, -0.2) is 10.9 Å². The van der Waals surface area contributed by atoms with Gasteiger partial charge in [0, 0.05) is 19.1 Å². The van der Waals surface area contributed by atoms with Gasteiger partial charge in [0.1, 0.15) is 6.11 Å². The number of carbonyl (C=O) groups is 1. The fraction of sp³-hybridized carbons (Fsp3) is 0.100. The summed E-state index contributed by atoms with van der Waals surface area (Å²) in [4.78, 5) is 21.0. The van der Waals surface area contributed by atoms with E-state index in [4.69, 9.17) is 0 Å². The Kier molecular flexibility index (Phi) is 3.41. The molecule has 76 valence electrons. The predicted octanol–water partition coefficient (Wildman–Crippen LogP) is 1.73. The summed E-state index contributed by atoms with van der Waals surface area (Å²) >= 11 is 0. The molecule has 0 aliphatic carbocycles. The van der Waals surface area contributed by atoms with Gasteiger partial charge in [-0.25, -0.2) is 4.79 Å². The van der Waals surface area contributed by atoms with Crippen LogP contribution >= 0.6 is 0 Å². The van der Waals surface area contributed by atoms with Crippen LogP contribution in [0.4, 0.5) is 5.69 Å². The number of hydrogen-bond donors (Lipinski definition) is 0. The van der Waals surface area contributed by atoms with Crippen LogP contribution in [-0.2, 0) is 4.74 Å². The Morgan fingerprint density at radius 3 is 2.47 bits per heavy atom. The molecule has 0 N–H and O–H groups in total. The van der Waals surface area contributed by atoms with E-state index in [2.05, 4.69) is 16.8 Å². The molecule has 0 aromatic heterocycles. The molecule has 0 saturated carbocycles. The Bertz CT molecular complexity index is 439. The zero-order chi connectivity index (χ0) is 11.3. The first-order valence-electron chi connectivity index (χ1n) is 4.02. The molecule has 0 spiro atoms. The number of ether oxygens (including phenoxy) is 1. The van der Waals surface area contributed by atoms with Crippen molar-refractivity contribution in [3.63, 3.8) is 0 Å². The van der Waals surface area contributed by atoms with Crippen LogP contribution in [0.1, 0.15) is 17.3 Å². The lowest BCUT2D eigenvalue weighted by molar-refractivity contribution is -0.384. The number of non-ortho nitro benzene ring substituents is 1. The van der Waals surface area contributed by atoms with E-state index in [1.165, 1.54) is 31.2 Å². The van der Waals surface area contributed by atoms with Crippen LogP contribution in [0.5, 0.6) is 0 Å². The van der Waals surface area contributed by atoms with Crippen LogP contribution in [0.2, 0.25) is 0 Å². The number of nitro benzene ring substituents is 1. The van der Waals surface area contributed by atoms with Crippen LogP contribution in [0.15, 0.2) is 24.3 Å². The number of esters is 1. The highest BCUT2D eigenvalue weighted by atomic mass is 16.6. The molecule has 0 fully saturated rings. The summed E-state index contributed by atoms with van der Waals surface area (Å²) in [6, 6.07) is 5.10. The van der Waals surface area contributed by atoms with E-state index in [-0.39, 0.29) is 11.3 Å². The average molecular weight is 205 g/mol. The van der Waals surface area contributed by atoms with E-state index >= 15 is 0 Å². The molecule has 0 radical (unpaired) electrons. The van der Waals surface area contributed by atoms with Crippen molar-refractivity contribution in [1.82, 2.24) is 0 Å². The third-order valence-electron chi connectivity index (χ3n) is 1.56. The summed E-state index contributed by atoms with van der Waals surface area (Å²) in [5.41, 5.74) is 0.150. The number of carbonyl (C=O) groups excluding carboxylic acids is 1. The quantitative estimate of drug-likeness (QED) is 0.319. The summed E-state index contributed by atoms with van der Waals surface area (Å²) in [7, 11) is 0. The van der Waals surface area contributed by atoms with Gasteiger partial charge in [0.25, 0.3) is 5.69 Å². The first-order chi connectivity index (χ1) is 7.15. The van der Waals surface area contributed by atoms with Crippen molar-refractivity contribution in [2.24, 2.45) is 0 Å². The van der Waals surface area contributed by atoms with Gasteiger partial charge in [0.05, 0.1) is 10.5 Å². The highest BCUT2D eigenvalue weighted by Crippen LogP contribution is 2.12. The molecule has 0 aliphatic rings. The normalized spacial score (nSPS) is 8.60. The summed E-state index contributed by atoms with van der Waals surface area (Å²) in [5.74, 6) is 1.77. The molecule has 0 unspecified atom stereocenters. The first-order valence-corrected chi connectivity index (χ1v) is 4.02. The topological polar surface area (TPSA) is 69.4 Å². The number of nitrogens with zero attached hydrogens (tertiary/aromatic N) is 1.